The van der Waals surface area contributed by atoms with E-state index in [-0.39, 0.29) is 18.4 Å². The highest BCUT2D eigenvalue weighted by atomic mass is 35.5. The van der Waals surface area contributed by atoms with E-state index in [4.69, 9.17) is 11.6 Å². The van der Waals surface area contributed by atoms with Crippen molar-refractivity contribution in [2.24, 2.45) is 0 Å². The maximum absolute atomic E-state index is 13.0. The Labute approximate surface area is 182 Å². The monoisotopic (exact) mass is 451 g/mol. The molecule has 1 aromatic heterocycles. The van der Waals surface area contributed by atoms with Crippen molar-refractivity contribution in [3.63, 3.8) is 0 Å². The molecular formula is C22H21ClF3N3O2. The minimum absolute atomic E-state index is 0.0694. The number of alkyl halides is 3. The third-order valence-electron chi connectivity index (χ3n) is 5.43. The Morgan fingerprint density at radius 1 is 0.903 bits per heavy atom. The van der Waals surface area contributed by atoms with Gasteiger partial charge in [0.25, 0.3) is 0 Å². The summed E-state index contributed by atoms with van der Waals surface area (Å²) in [4.78, 5) is 3.92. The molecule has 9 heteroatoms. The number of piperazine rings is 1. The van der Waals surface area contributed by atoms with E-state index >= 15 is 0 Å². The van der Waals surface area contributed by atoms with Gasteiger partial charge in [-0.3, -0.25) is 9.47 Å². The third-order valence-corrected chi connectivity index (χ3v) is 5.67. The topological polar surface area (TPSA) is 51.9 Å². The second-order valence-corrected chi connectivity index (χ2v) is 7.91. The highest BCUT2D eigenvalue weighted by Crippen LogP contribution is 2.37. The van der Waals surface area contributed by atoms with Crippen LogP contribution in [0.4, 0.5) is 18.9 Å². The van der Waals surface area contributed by atoms with Crippen molar-refractivity contribution in [3.05, 3.63) is 65.2 Å². The number of nitrogens with zero attached hydrogens (tertiary/aromatic N) is 3. The van der Waals surface area contributed by atoms with E-state index in [9.17, 15) is 23.4 Å². The molecule has 0 bridgehead atoms. The lowest BCUT2D eigenvalue weighted by Crippen LogP contribution is -2.46. The molecule has 0 atom stereocenters. The summed E-state index contributed by atoms with van der Waals surface area (Å²) in [6.07, 6.45) is -4.37. The maximum Gasteiger partial charge on any atom is 0.416 e. The Morgan fingerprint density at radius 2 is 1.61 bits per heavy atom. The lowest BCUT2D eigenvalue weighted by Gasteiger charge is -2.36. The zero-order valence-corrected chi connectivity index (χ0v) is 17.2. The minimum atomic E-state index is -4.37. The predicted molar refractivity (Wildman–Crippen MR) is 113 cm³/mol. The zero-order valence-electron chi connectivity index (χ0n) is 16.5. The molecule has 0 radical (unpaired) electrons. The summed E-state index contributed by atoms with van der Waals surface area (Å²) in [6.45, 7) is 2.46. The van der Waals surface area contributed by atoms with Gasteiger partial charge in [0.15, 0.2) is 5.88 Å². The van der Waals surface area contributed by atoms with E-state index in [0.29, 0.717) is 48.0 Å². The summed E-state index contributed by atoms with van der Waals surface area (Å²) in [5, 5.41) is 21.5. The fourth-order valence-electron chi connectivity index (χ4n) is 3.76. The first-order valence-electron chi connectivity index (χ1n) is 9.74. The van der Waals surface area contributed by atoms with E-state index < -0.39 is 11.7 Å². The van der Waals surface area contributed by atoms with Crippen molar-refractivity contribution < 1.29 is 23.4 Å². The van der Waals surface area contributed by atoms with Crippen molar-refractivity contribution in [1.82, 2.24) is 9.47 Å². The Hall–Kier alpha value is -2.84. The first kappa shape index (κ1) is 21.4. The number of hydrogen-bond acceptors (Lipinski definition) is 4. The molecule has 1 saturated heterocycles. The summed E-state index contributed by atoms with van der Waals surface area (Å²) in [5.41, 5.74) is 1.03. The number of benzene rings is 2. The molecule has 0 saturated carbocycles. The molecule has 4 rings (SSSR count). The molecule has 2 N–H and O–H groups in total. The van der Waals surface area contributed by atoms with Crippen LogP contribution in [0.15, 0.2) is 54.6 Å². The van der Waals surface area contributed by atoms with Gasteiger partial charge < -0.3 is 15.1 Å². The number of aromatic nitrogens is 1. The van der Waals surface area contributed by atoms with Gasteiger partial charge in [0.05, 0.1) is 12.2 Å². The number of anilines is 1. The second kappa shape index (κ2) is 8.36. The fraction of sp³-hybridized carbons (Fsp3) is 0.273. The Morgan fingerprint density at radius 3 is 2.29 bits per heavy atom. The van der Waals surface area contributed by atoms with Gasteiger partial charge in [-0.05, 0) is 35.9 Å². The largest absolute Gasteiger partial charge is 0.494 e. The predicted octanol–water partition coefficient (Wildman–Crippen LogP) is 5.02. The highest BCUT2D eigenvalue weighted by Gasteiger charge is 2.31. The molecule has 2 heterocycles. The lowest BCUT2D eigenvalue weighted by molar-refractivity contribution is -0.137. The van der Waals surface area contributed by atoms with Gasteiger partial charge in [-0.2, -0.15) is 13.2 Å². The van der Waals surface area contributed by atoms with Crippen molar-refractivity contribution in [2.75, 3.05) is 31.1 Å². The zero-order chi connectivity index (χ0) is 22.2. The molecule has 31 heavy (non-hydrogen) atoms. The summed E-state index contributed by atoms with van der Waals surface area (Å²) in [6, 6.07) is 13.8. The number of hydrogen-bond donors (Lipinski definition) is 2. The third kappa shape index (κ3) is 4.60. The van der Waals surface area contributed by atoms with Gasteiger partial charge in [0.1, 0.15) is 0 Å². The first-order chi connectivity index (χ1) is 14.7. The molecule has 5 nitrogen and oxygen atoms in total. The molecule has 3 aromatic rings. The van der Waals surface area contributed by atoms with Crippen LogP contribution >= 0.6 is 11.6 Å². The molecule has 0 unspecified atom stereocenters. The molecule has 0 aliphatic carbocycles. The van der Waals surface area contributed by atoms with Crippen molar-refractivity contribution >= 4 is 17.3 Å². The molecule has 0 spiro atoms. The van der Waals surface area contributed by atoms with Gasteiger partial charge in [0, 0.05) is 48.5 Å². The average molecular weight is 452 g/mol. The molecule has 0 amide bonds. The number of halogens is 4. The summed E-state index contributed by atoms with van der Waals surface area (Å²) in [7, 11) is 0. The molecule has 164 valence electrons. The van der Waals surface area contributed by atoms with E-state index in [1.54, 1.807) is 30.3 Å². The van der Waals surface area contributed by atoms with Crippen LogP contribution in [0, 0.1) is 0 Å². The molecule has 2 aromatic carbocycles. The van der Waals surface area contributed by atoms with Gasteiger partial charge in [-0.15, -0.1) is 0 Å². The summed E-state index contributed by atoms with van der Waals surface area (Å²) in [5.74, 6) is -0.146. The molecular weight excluding hydrogens is 431 g/mol. The van der Waals surface area contributed by atoms with Crippen LogP contribution < -0.4 is 4.90 Å². The van der Waals surface area contributed by atoms with Crippen LogP contribution in [0.2, 0.25) is 5.02 Å². The second-order valence-electron chi connectivity index (χ2n) is 7.47. The quantitative estimate of drug-likeness (QED) is 0.585. The molecule has 1 aliphatic heterocycles. The van der Waals surface area contributed by atoms with Gasteiger partial charge in [0.2, 0.25) is 5.88 Å². The average Bonchev–Trinajstić information content (AvgIpc) is 3.02. The maximum atomic E-state index is 13.0. The van der Waals surface area contributed by atoms with Crippen LogP contribution in [0.5, 0.6) is 11.8 Å². The van der Waals surface area contributed by atoms with E-state index in [2.05, 4.69) is 0 Å². The number of aromatic hydroxyl groups is 2. The van der Waals surface area contributed by atoms with Crippen LogP contribution in [-0.2, 0) is 12.8 Å². The lowest BCUT2D eigenvalue weighted by atomic mass is 10.1. The van der Waals surface area contributed by atoms with Gasteiger partial charge >= 0.3 is 6.18 Å². The highest BCUT2D eigenvalue weighted by molar-refractivity contribution is 6.30. The smallest absolute Gasteiger partial charge is 0.416 e. The first-order valence-corrected chi connectivity index (χ1v) is 10.1. The number of rotatable bonds is 4. The fourth-order valence-corrected chi connectivity index (χ4v) is 3.95. The van der Waals surface area contributed by atoms with Crippen LogP contribution in [0.3, 0.4) is 0 Å². The van der Waals surface area contributed by atoms with Crippen molar-refractivity contribution in [3.8, 4) is 22.9 Å². The van der Waals surface area contributed by atoms with E-state index in [1.165, 1.54) is 16.7 Å². The minimum Gasteiger partial charge on any atom is -0.494 e. The summed E-state index contributed by atoms with van der Waals surface area (Å²) < 4.78 is 40.3. The Balaban J connectivity index is 1.44. The van der Waals surface area contributed by atoms with Gasteiger partial charge in [-0.25, -0.2) is 0 Å². The summed E-state index contributed by atoms with van der Waals surface area (Å²) >= 11 is 6.02. The standard InChI is InChI=1S/C22H21ClF3N3O2/c23-17-5-1-3-15(11-17)19-13-20(30)29(21(19)31)14-27-7-9-28(10-8-27)18-6-2-4-16(12-18)22(24,25)26/h1-6,11-13,30-31H,7-10,14H2. The molecule has 1 aliphatic rings. The van der Waals surface area contributed by atoms with Gasteiger partial charge in [-0.1, -0.05) is 29.8 Å². The molecule has 1 fully saturated rings. The normalized spacial score (nSPS) is 15.4. The van der Waals surface area contributed by atoms with Crippen LogP contribution in [-0.4, -0.2) is 45.9 Å². The van der Waals surface area contributed by atoms with E-state index in [1.807, 2.05) is 9.80 Å². The van der Waals surface area contributed by atoms with Crippen LogP contribution in [0.25, 0.3) is 11.1 Å². The van der Waals surface area contributed by atoms with Crippen molar-refractivity contribution in [1.29, 1.82) is 0 Å². The Bertz CT molecular complexity index is 1080. The van der Waals surface area contributed by atoms with E-state index in [0.717, 1.165) is 12.1 Å². The van der Waals surface area contributed by atoms with Crippen LogP contribution in [0.1, 0.15) is 5.56 Å². The van der Waals surface area contributed by atoms with Crippen molar-refractivity contribution in [2.45, 2.75) is 12.8 Å². The Kier molecular flexibility index (Phi) is 5.77. The SMILES string of the molecule is Oc1cc(-c2cccc(Cl)c2)c(O)n1CN1CCN(c2cccc(C(F)(F)F)c2)CC1.